The maximum absolute atomic E-state index is 12.1. The molecule has 17 heavy (non-hydrogen) atoms. The molecule has 6 heteroatoms. The Bertz CT molecular complexity index is 556. The van der Waals surface area contributed by atoms with E-state index < -0.39 is 10.0 Å². The van der Waals surface area contributed by atoms with E-state index in [0.29, 0.717) is 17.3 Å². The van der Waals surface area contributed by atoms with Crippen LogP contribution in [0.3, 0.4) is 0 Å². The Labute approximate surface area is 101 Å². The maximum atomic E-state index is 12.1. The lowest BCUT2D eigenvalue weighted by molar-refractivity contribution is 0.575. The second-order valence-corrected chi connectivity index (χ2v) is 6.35. The zero-order valence-corrected chi connectivity index (χ0v) is 10.5. The molecule has 0 saturated carbocycles. The first kappa shape index (κ1) is 11.0. The molecule has 0 amide bonds. The van der Waals surface area contributed by atoms with Crippen LogP contribution in [0.1, 0.15) is 18.5 Å². The molecule has 1 N–H and O–H groups in total. The van der Waals surface area contributed by atoms with E-state index in [9.17, 15) is 8.42 Å². The van der Waals surface area contributed by atoms with Crippen LogP contribution in [0.15, 0.2) is 17.0 Å². The molecule has 5 nitrogen and oxygen atoms in total. The van der Waals surface area contributed by atoms with Gasteiger partial charge in [0.2, 0.25) is 10.0 Å². The van der Waals surface area contributed by atoms with Crippen molar-refractivity contribution in [3.05, 3.63) is 17.8 Å². The highest BCUT2D eigenvalue weighted by molar-refractivity contribution is 7.89. The molecule has 3 rings (SSSR count). The number of pyridine rings is 1. The van der Waals surface area contributed by atoms with Crippen LogP contribution in [0.25, 0.3) is 0 Å². The van der Waals surface area contributed by atoms with Gasteiger partial charge in [0.1, 0.15) is 10.7 Å². The van der Waals surface area contributed by atoms with Crippen molar-refractivity contribution in [2.75, 3.05) is 18.0 Å². The van der Waals surface area contributed by atoms with Gasteiger partial charge in [-0.1, -0.05) is 0 Å². The van der Waals surface area contributed by atoms with E-state index in [-0.39, 0.29) is 6.04 Å². The van der Waals surface area contributed by atoms with Gasteiger partial charge in [0.15, 0.2) is 0 Å². The number of rotatable bonds is 0. The molecule has 1 aromatic heterocycles. The summed E-state index contributed by atoms with van der Waals surface area (Å²) in [5, 5.41) is 0. The van der Waals surface area contributed by atoms with Crippen LogP contribution in [0.5, 0.6) is 0 Å². The maximum Gasteiger partial charge on any atom is 0.244 e. The van der Waals surface area contributed by atoms with Gasteiger partial charge < -0.3 is 4.90 Å². The van der Waals surface area contributed by atoms with Crippen LogP contribution in [0.4, 0.5) is 5.82 Å². The summed E-state index contributed by atoms with van der Waals surface area (Å²) in [6.45, 7) is 3.26. The summed E-state index contributed by atoms with van der Waals surface area (Å²) in [6.07, 6.45) is 2.12. The number of nitrogens with one attached hydrogen (secondary N) is 1. The zero-order chi connectivity index (χ0) is 12.0. The normalized spacial score (nSPS) is 26.2. The summed E-state index contributed by atoms with van der Waals surface area (Å²) in [5.41, 5.74) is 0.853. The second kappa shape index (κ2) is 3.68. The monoisotopic (exact) mass is 253 g/mol. The van der Waals surface area contributed by atoms with Gasteiger partial charge in [-0.15, -0.1) is 0 Å². The van der Waals surface area contributed by atoms with E-state index >= 15 is 0 Å². The summed E-state index contributed by atoms with van der Waals surface area (Å²) in [4.78, 5) is 6.86. The highest BCUT2D eigenvalue weighted by atomic mass is 32.2. The van der Waals surface area contributed by atoms with Crippen molar-refractivity contribution in [1.29, 1.82) is 0 Å². The first-order valence-corrected chi connectivity index (χ1v) is 7.30. The molecular formula is C11H15N3O2S. The number of nitrogens with zero attached hydrogens (tertiary/aromatic N) is 2. The average molecular weight is 253 g/mol. The van der Waals surface area contributed by atoms with Crippen molar-refractivity contribution in [2.24, 2.45) is 0 Å². The van der Waals surface area contributed by atoms with Crippen molar-refractivity contribution >= 4 is 15.8 Å². The van der Waals surface area contributed by atoms with Crippen LogP contribution in [0.2, 0.25) is 0 Å². The van der Waals surface area contributed by atoms with Crippen LogP contribution in [-0.2, 0) is 10.0 Å². The minimum atomic E-state index is -3.39. The van der Waals surface area contributed by atoms with Crippen molar-refractivity contribution in [3.8, 4) is 0 Å². The van der Waals surface area contributed by atoms with Gasteiger partial charge in [0, 0.05) is 24.8 Å². The Kier molecular flexibility index (Phi) is 2.38. The predicted octanol–water partition coefficient (Wildman–Crippen LogP) is 0.651. The van der Waals surface area contributed by atoms with E-state index in [2.05, 4.69) is 14.6 Å². The lowest BCUT2D eigenvalue weighted by atomic mass is 10.2. The number of hydrogen-bond donors (Lipinski definition) is 1. The van der Waals surface area contributed by atoms with Crippen molar-refractivity contribution in [3.63, 3.8) is 0 Å². The van der Waals surface area contributed by atoms with Crippen LogP contribution >= 0.6 is 0 Å². The van der Waals surface area contributed by atoms with Gasteiger partial charge in [-0.3, -0.25) is 0 Å². The number of fused-ring (bicyclic) bond motifs is 3. The Morgan fingerprint density at radius 2 is 2.29 bits per heavy atom. The van der Waals surface area contributed by atoms with Gasteiger partial charge >= 0.3 is 0 Å². The Morgan fingerprint density at radius 3 is 3.12 bits per heavy atom. The predicted molar refractivity (Wildman–Crippen MR) is 64.5 cm³/mol. The molecule has 3 heterocycles. The fourth-order valence-electron chi connectivity index (χ4n) is 2.56. The molecule has 2 aliphatic rings. The van der Waals surface area contributed by atoms with E-state index in [1.807, 2.05) is 6.92 Å². The number of hydrogen-bond acceptors (Lipinski definition) is 4. The molecule has 1 unspecified atom stereocenters. The first-order valence-electron chi connectivity index (χ1n) is 5.82. The highest BCUT2D eigenvalue weighted by Gasteiger charge is 2.35. The standard InChI is InChI=1S/C11H15N3O2S/c1-8-4-5-10-11(13-8)14-6-2-3-9(14)7-12-17(10,15)16/h4-5,9,12H,2-3,6-7H2,1H3. The Morgan fingerprint density at radius 1 is 1.47 bits per heavy atom. The lowest BCUT2D eigenvalue weighted by Crippen LogP contribution is -2.36. The van der Waals surface area contributed by atoms with Gasteiger partial charge in [-0.05, 0) is 31.9 Å². The molecule has 1 saturated heterocycles. The minimum Gasteiger partial charge on any atom is -0.351 e. The number of anilines is 1. The molecule has 92 valence electrons. The molecule has 0 aromatic carbocycles. The SMILES string of the molecule is Cc1ccc2c(n1)N1CCCC1CNS2(=O)=O. The Balaban J connectivity index is 2.22. The second-order valence-electron chi connectivity index (χ2n) is 4.62. The minimum absolute atomic E-state index is 0.250. The average Bonchev–Trinajstić information content (AvgIpc) is 2.70. The van der Waals surface area contributed by atoms with Crippen LogP contribution in [0, 0.1) is 6.92 Å². The fourth-order valence-corrected chi connectivity index (χ4v) is 3.77. The third-order valence-corrected chi connectivity index (χ3v) is 4.87. The van der Waals surface area contributed by atoms with Gasteiger partial charge in [-0.2, -0.15) is 0 Å². The third kappa shape index (κ3) is 1.71. The highest BCUT2D eigenvalue weighted by Crippen LogP contribution is 2.32. The molecule has 1 fully saturated rings. The summed E-state index contributed by atoms with van der Waals surface area (Å²) in [6, 6.07) is 3.65. The molecular weight excluding hydrogens is 238 g/mol. The largest absolute Gasteiger partial charge is 0.351 e. The van der Waals surface area contributed by atoms with Gasteiger partial charge in [0.05, 0.1) is 0 Å². The molecule has 1 aromatic rings. The third-order valence-electron chi connectivity index (χ3n) is 3.43. The van der Waals surface area contributed by atoms with E-state index in [0.717, 1.165) is 25.1 Å². The van der Waals surface area contributed by atoms with Crippen LogP contribution < -0.4 is 9.62 Å². The van der Waals surface area contributed by atoms with Gasteiger partial charge in [0.25, 0.3) is 0 Å². The first-order chi connectivity index (χ1) is 8.08. The quantitative estimate of drug-likeness (QED) is 0.737. The van der Waals surface area contributed by atoms with Crippen LogP contribution in [-0.4, -0.2) is 32.5 Å². The van der Waals surface area contributed by atoms with E-state index in [1.54, 1.807) is 12.1 Å². The fraction of sp³-hybridized carbons (Fsp3) is 0.545. The molecule has 0 radical (unpaired) electrons. The number of aromatic nitrogens is 1. The molecule has 0 aliphatic carbocycles. The number of aryl methyl sites for hydroxylation is 1. The van der Waals surface area contributed by atoms with Crippen molar-refractivity contribution < 1.29 is 8.42 Å². The summed E-state index contributed by atoms with van der Waals surface area (Å²) in [5.74, 6) is 0.623. The van der Waals surface area contributed by atoms with Crippen molar-refractivity contribution in [2.45, 2.75) is 30.7 Å². The zero-order valence-electron chi connectivity index (χ0n) is 9.68. The molecule has 1 atom stereocenters. The smallest absolute Gasteiger partial charge is 0.244 e. The van der Waals surface area contributed by atoms with Crippen molar-refractivity contribution in [1.82, 2.24) is 9.71 Å². The summed E-state index contributed by atoms with van der Waals surface area (Å²) in [7, 11) is -3.39. The Hall–Kier alpha value is -1.14. The molecule has 0 bridgehead atoms. The van der Waals surface area contributed by atoms with E-state index in [4.69, 9.17) is 0 Å². The number of sulfonamides is 1. The lowest BCUT2D eigenvalue weighted by Gasteiger charge is -2.23. The topological polar surface area (TPSA) is 62.3 Å². The van der Waals surface area contributed by atoms with Gasteiger partial charge in [-0.25, -0.2) is 18.1 Å². The summed E-state index contributed by atoms with van der Waals surface area (Å²) >= 11 is 0. The summed E-state index contributed by atoms with van der Waals surface area (Å²) < 4.78 is 26.8. The molecule has 2 aliphatic heterocycles. The van der Waals surface area contributed by atoms with E-state index in [1.165, 1.54) is 0 Å². The molecule has 0 spiro atoms.